The molecule has 2 heterocycles. The second kappa shape index (κ2) is 6.76. The number of benzene rings is 1. The van der Waals surface area contributed by atoms with Gasteiger partial charge in [0.25, 0.3) is 0 Å². The number of nitrogens with zero attached hydrogens (tertiary/aromatic N) is 4. The fourth-order valence-electron chi connectivity index (χ4n) is 2.12. The van der Waals surface area contributed by atoms with E-state index in [1.807, 2.05) is 12.1 Å². The average molecular weight is 346 g/mol. The Labute approximate surface area is 141 Å². The highest BCUT2D eigenvalue weighted by molar-refractivity contribution is 5.61. The van der Waals surface area contributed by atoms with E-state index >= 15 is 0 Å². The molecule has 0 fully saturated rings. The van der Waals surface area contributed by atoms with Crippen molar-refractivity contribution in [3.63, 3.8) is 0 Å². The molecule has 8 heteroatoms. The van der Waals surface area contributed by atoms with Crippen molar-refractivity contribution in [1.29, 1.82) is 0 Å². The quantitative estimate of drug-likeness (QED) is 0.717. The second-order valence-corrected chi connectivity index (χ2v) is 5.07. The fraction of sp³-hybridized carbons (Fsp3) is 0.118. The summed E-state index contributed by atoms with van der Waals surface area (Å²) in [7, 11) is 1.31. The topological polar surface area (TPSA) is 52.8 Å². The minimum absolute atomic E-state index is 0.0882. The minimum atomic E-state index is -4.48. The molecular formula is C17H13F3N4O. The summed E-state index contributed by atoms with van der Waals surface area (Å²) in [6.45, 7) is 0. The molecule has 0 aliphatic rings. The molecule has 0 amide bonds. The van der Waals surface area contributed by atoms with Gasteiger partial charge in [0.1, 0.15) is 12.1 Å². The van der Waals surface area contributed by atoms with Crippen molar-refractivity contribution >= 4 is 12.3 Å². The lowest BCUT2D eigenvalue weighted by Crippen LogP contribution is -2.05. The van der Waals surface area contributed by atoms with Gasteiger partial charge in [-0.25, -0.2) is 9.67 Å². The third-order valence-electron chi connectivity index (χ3n) is 3.32. The van der Waals surface area contributed by atoms with E-state index in [1.54, 1.807) is 24.5 Å². The van der Waals surface area contributed by atoms with E-state index in [2.05, 4.69) is 15.1 Å². The molecule has 0 N–H and O–H groups in total. The zero-order chi connectivity index (χ0) is 17.9. The van der Waals surface area contributed by atoms with Crippen LogP contribution in [0.15, 0.2) is 48.9 Å². The maximum Gasteiger partial charge on any atom is 0.416 e. The molecule has 25 heavy (non-hydrogen) atoms. The molecule has 0 saturated carbocycles. The van der Waals surface area contributed by atoms with Crippen molar-refractivity contribution in [2.45, 2.75) is 6.18 Å². The van der Waals surface area contributed by atoms with Gasteiger partial charge in [0.2, 0.25) is 0 Å². The summed E-state index contributed by atoms with van der Waals surface area (Å²) >= 11 is 0. The number of ether oxygens (including phenoxy) is 1. The molecule has 0 bridgehead atoms. The zero-order valence-electron chi connectivity index (χ0n) is 13.1. The van der Waals surface area contributed by atoms with Gasteiger partial charge in [-0.05, 0) is 36.4 Å². The number of methoxy groups -OCH3 is 1. The lowest BCUT2D eigenvalue weighted by Gasteiger charge is -2.10. The molecule has 0 unspecified atom stereocenters. The number of rotatable bonds is 4. The van der Waals surface area contributed by atoms with Gasteiger partial charge in [-0.1, -0.05) is 6.07 Å². The van der Waals surface area contributed by atoms with Gasteiger partial charge < -0.3 is 4.74 Å². The summed E-state index contributed by atoms with van der Waals surface area (Å²) < 4.78 is 45.3. The molecule has 0 aliphatic heterocycles. The Bertz CT molecular complexity index is 888. The molecular weight excluding hydrogens is 333 g/mol. The van der Waals surface area contributed by atoms with Gasteiger partial charge in [-0.2, -0.15) is 13.2 Å². The van der Waals surface area contributed by atoms with Crippen LogP contribution in [0, 0.1) is 0 Å². The third kappa shape index (κ3) is 4.03. The van der Waals surface area contributed by atoms with Crippen molar-refractivity contribution in [2.75, 3.05) is 7.11 Å². The molecule has 2 aromatic heterocycles. The van der Waals surface area contributed by atoms with Crippen molar-refractivity contribution in [1.82, 2.24) is 19.7 Å². The van der Waals surface area contributed by atoms with E-state index in [9.17, 15) is 13.2 Å². The van der Waals surface area contributed by atoms with Crippen LogP contribution in [0.2, 0.25) is 0 Å². The van der Waals surface area contributed by atoms with E-state index < -0.39 is 11.7 Å². The molecule has 1 aromatic carbocycles. The van der Waals surface area contributed by atoms with Crippen LogP contribution in [0.1, 0.15) is 11.3 Å². The number of hydrogen-bond donors (Lipinski definition) is 0. The Kier molecular flexibility index (Phi) is 4.51. The highest BCUT2D eigenvalue weighted by Crippen LogP contribution is 2.34. The largest absolute Gasteiger partial charge is 0.497 e. The highest BCUT2D eigenvalue weighted by atomic mass is 19.4. The van der Waals surface area contributed by atoms with Crippen molar-refractivity contribution in [3.8, 4) is 17.1 Å². The number of aromatic nitrogens is 4. The molecule has 0 radical (unpaired) electrons. The summed E-state index contributed by atoms with van der Waals surface area (Å²) in [5.74, 6) is 0.250. The van der Waals surface area contributed by atoms with Gasteiger partial charge in [-0.3, -0.25) is 4.98 Å². The molecule has 0 spiro atoms. The van der Waals surface area contributed by atoms with Crippen LogP contribution in [-0.4, -0.2) is 26.9 Å². The molecule has 3 rings (SSSR count). The standard InChI is InChI=1S/C17H13F3N4O/c1-25-15-9-12(8-13(10-15)17(18,19)20)16-22-11-24(23-16)7-5-14-4-2-3-6-21-14/h2-11H,1H3/b7-5-. The van der Waals surface area contributed by atoms with Crippen molar-refractivity contribution in [2.24, 2.45) is 0 Å². The lowest BCUT2D eigenvalue weighted by atomic mass is 10.1. The first-order chi connectivity index (χ1) is 12.0. The zero-order valence-corrected chi connectivity index (χ0v) is 13.1. The predicted molar refractivity (Wildman–Crippen MR) is 86.5 cm³/mol. The summed E-state index contributed by atoms with van der Waals surface area (Å²) in [6, 6.07) is 8.83. The van der Waals surface area contributed by atoms with Crippen molar-refractivity contribution in [3.05, 3.63) is 60.2 Å². The van der Waals surface area contributed by atoms with E-state index in [1.165, 1.54) is 24.2 Å². The van der Waals surface area contributed by atoms with Gasteiger partial charge in [0.15, 0.2) is 5.82 Å². The van der Waals surface area contributed by atoms with E-state index in [0.29, 0.717) is 0 Å². The Hall–Kier alpha value is -3.16. The van der Waals surface area contributed by atoms with E-state index in [4.69, 9.17) is 4.74 Å². The van der Waals surface area contributed by atoms with Crippen LogP contribution in [0.3, 0.4) is 0 Å². The highest BCUT2D eigenvalue weighted by Gasteiger charge is 2.31. The van der Waals surface area contributed by atoms with Gasteiger partial charge in [0, 0.05) is 18.0 Å². The minimum Gasteiger partial charge on any atom is -0.497 e. The molecule has 5 nitrogen and oxygen atoms in total. The monoisotopic (exact) mass is 346 g/mol. The number of alkyl halides is 3. The smallest absolute Gasteiger partial charge is 0.416 e. The Morgan fingerprint density at radius 2 is 1.96 bits per heavy atom. The first-order valence-corrected chi connectivity index (χ1v) is 7.23. The molecule has 128 valence electrons. The predicted octanol–water partition coefficient (Wildman–Crippen LogP) is 4.00. The summed E-state index contributed by atoms with van der Waals surface area (Å²) in [5.41, 5.74) is 0.124. The number of halogens is 3. The van der Waals surface area contributed by atoms with Crippen molar-refractivity contribution < 1.29 is 17.9 Å². The average Bonchev–Trinajstić information content (AvgIpc) is 3.09. The first kappa shape index (κ1) is 16.7. The second-order valence-electron chi connectivity index (χ2n) is 5.07. The normalized spacial score (nSPS) is 11.8. The van der Waals surface area contributed by atoms with Gasteiger partial charge in [0.05, 0.1) is 18.4 Å². The van der Waals surface area contributed by atoms with Gasteiger partial charge >= 0.3 is 6.18 Å². The summed E-state index contributed by atoms with van der Waals surface area (Å²) in [5, 5.41) is 4.16. The number of hydrogen-bond acceptors (Lipinski definition) is 4. The maximum atomic E-state index is 13.0. The lowest BCUT2D eigenvalue weighted by molar-refractivity contribution is -0.137. The number of pyridine rings is 1. The molecule has 0 atom stereocenters. The van der Waals surface area contributed by atoms with E-state index in [-0.39, 0.29) is 17.1 Å². The molecule has 3 aromatic rings. The Balaban J connectivity index is 1.90. The Morgan fingerprint density at radius 3 is 2.64 bits per heavy atom. The SMILES string of the molecule is COc1cc(-c2ncn(/C=C\c3ccccn3)n2)cc(C(F)(F)F)c1. The van der Waals surface area contributed by atoms with E-state index in [0.717, 1.165) is 17.8 Å². The summed E-state index contributed by atoms with van der Waals surface area (Å²) in [4.78, 5) is 8.18. The van der Waals surface area contributed by atoms with Crippen LogP contribution in [-0.2, 0) is 6.18 Å². The molecule has 0 saturated heterocycles. The Morgan fingerprint density at radius 1 is 1.12 bits per heavy atom. The van der Waals surface area contributed by atoms with Crippen LogP contribution in [0.5, 0.6) is 5.75 Å². The first-order valence-electron chi connectivity index (χ1n) is 7.23. The van der Waals surface area contributed by atoms with Crippen LogP contribution in [0.4, 0.5) is 13.2 Å². The fourth-order valence-corrected chi connectivity index (χ4v) is 2.12. The van der Waals surface area contributed by atoms with Crippen LogP contribution in [0.25, 0.3) is 23.7 Å². The third-order valence-corrected chi connectivity index (χ3v) is 3.32. The van der Waals surface area contributed by atoms with Crippen LogP contribution >= 0.6 is 0 Å². The molecule has 0 aliphatic carbocycles. The van der Waals surface area contributed by atoms with Crippen LogP contribution < -0.4 is 4.74 Å². The maximum absolute atomic E-state index is 13.0. The van der Waals surface area contributed by atoms with Gasteiger partial charge in [-0.15, -0.1) is 5.10 Å². The summed E-state index contributed by atoms with van der Waals surface area (Å²) in [6.07, 6.45) is 1.91.